The highest BCUT2D eigenvalue weighted by molar-refractivity contribution is 6.64. The van der Waals surface area contributed by atoms with Gasteiger partial charge in [-0.3, -0.25) is 9.59 Å². The van der Waals surface area contributed by atoms with Crippen LogP contribution < -0.4 is 0 Å². The topological polar surface area (TPSA) is 34.1 Å². The van der Waals surface area contributed by atoms with Crippen molar-refractivity contribution in [2.24, 2.45) is 11.8 Å². The van der Waals surface area contributed by atoms with E-state index in [2.05, 4.69) is 0 Å². The first-order chi connectivity index (χ1) is 4.63. The van der Waals surface area contributed by atoms with E-state index >= 15 is 0 Å². The van der Waals surface area contributed by atoms with E-state index in [1.165, 1.54) is 0 Å². The lowest BCUT2D eigenvalue weighted by Gasteiger charge is -2.06. The maximum atomic E-state index is 10.9. The summed E-state index contributed by atoms with van der Waals surface area (Å²) in [5, 5.41) is -0.363. The van der Waals surface area contributed by atoms with E-state index in [9.17, 15) is 9.59 Å². The zero-order valence-electron chi connectivity index (χ0n) is 5.76. The number of hydrogen-bond acceptors (Lipinski definition) is 2. The Hall–Kier alpha value is -0.370. The van der Waals surface area contributed by atoms with Crippen molar-refractivity contribution < 1.29 is 9.59 Å². The standard InChI is InChI=1S/C7H9ClO2/c1-4-5(7(8)10)2-3-6(4)9/h4-5H,2-3H2,1H3. The molecule has 2 unspecified atom stereocenters. The molecule has 56 valence electrons. The van der Waals surface area contributed by atoms with Crippen LogP contribution in [-0.2, 0) is 9.59 Å². The molecule has 0 radical (unpaired) electrons. The number of halogens is 1. The van der Waals surface area contributed by atoms with Crippen molar-refractivity contribution in [1.29, 1.82) is 0 Å². The lowest BCUT2D eigenvalue weighted by Crippen LogP contribution is -2.15. The normalized spacial score (nSPS) is 32.8. The molecule has 0 heterocycles. The lowest BCUT2D eigenvalue weighted by molar-refractivity contribution is -0.123. The summed E-state index contributed by atoms with van der Waals surface area (Å²) in [6.45, 7) is 1.76. The third kappa shape index (κ3) is 1.21. The molecule has 2 atom stereocenters. The molecule has 2 nitrogen and oxygen atoms in total. The van der Waals surface area contributed by atoms with Gasteiger partial charge in [-0.1, -0.05) is 6.92 Å². The van der Waals surface area contributed by atoms with Crippen molar-refractivity contribution in [3.05, 3.63) is 0 Å². The highest BCUT2D eigenvalue weighted by Gasteiger charge is 2.34. The minimum atomic E-state index is -0.363. The van der Waals surface area contributed by atoms with Gasteiger partial charge in [0.2, 0.25) is 5.24 Å². The molecule has 0 spiro atoms. The average molecular weight is 161 g/mol. The van der Waals surface area contributed by atoms with Crippen LogP contribution in [0.1, 0.15) is 19.8 Å². The summed E-state index contributed by atoms with van der Waals surface area (Å²) in [5.41, 5.74) is 0. The molecular weight excluding hydrogens is 152 g/mol. The zero-order chi connectivity index (χ0) is 7.72. The van der Waals surface area contributed by atoms with E-state index in [1.807, 2.05) is 0 Å². The van der Waals surface area contributed by atoms with Gasteiger partial charge in [0.05, 0.1) is 0 Å². The molecule has 0 aromatic heterocycles. The zero-order valence-corrected chi connectivity index (χ0v) is 6.52. The highest BCUT2D eigenvalue weighted by Crippen LogP contribution is 2.29. The molecule has 1 rings (SSSR count). The molecule has 1 aliphatic carbocycles. The number of carbonyl (C=O) groups excluding carboxylic acids is 2. The van der Waals surface area contributed by atoms with Gasteiger partial charge in [-0.2, -0.15) is 0 Å². The maximum Gasteiger partial charge on any atom is 0.225 e. The van der Waals surface area contributed by atoms with Crippen LogP contribution in [0.2, 0.25) is 0 Å². The fourth-order valence-corrected chi connectivity index (χ4v) is 1.61. The van der Waals surface area contributed by atoms with E-state index in [1.54, 1.807) is 6.92 Å². The number of rotatable bonds is 1. The molecule has 1 fully saturated rings. The lowest BCUT2D eigenvalue weighted by atomic mass is 9.99. The van der Waals surface area contributed by atoms with Crippen molar-refractivity contribution in [1.82, 2.24) is 0 Å². The predicted molar refractivity (Wildman–Crippen MR) is 37.8 cm³/mol. The van der Waals surface area contributed by atoms with E-state index in [4.69, 9.17) is 11.6 Å². The molecular formula is C7H9ClO2. The summed E-state index contributed by atoms with van der Waals surface area (Å²) >= 11 is 5.25. The summed E-state index contributed by atoms with van der Waals surface area (Å²) in [4.78, 5) is 21.5. The van der Waals surface area contributed by atoms with Crippen LogP contribution in [0.5, 0.6) is 0 Å². The summed E-state index contributed by atoms with van der Waals surface area (Å²) < 4.78 is 0. The molecule has 0 bridgehead atoms. The third-order valence-corrected chi connectivity index (χ3v) is 2.38. The summed E-state index contributed by atoms with van der Waals surface area (Å²) in [6, 6.07) is 0. The SMILES string of the molecule is CC1C(=O)CCC1C(=O)Cl. The Kier molecular flexibility index (Phi) is 2.09. The largest absolute Gasteiger partial charge is 0.299 e. The smallest absolute Gasteiger partial charge is 0.225 e. The fraction of sp³-hybridized carbons (Fsp3) is 0.714. The highest BCUT2D eigenvalue weighted by atomic mass is 35.5. The van der Waals surface area contributed by atoms with Crippen molar-refractivity contribution in [2.45, 2.75) is 19.8 Å². The Bertz CT molecular complexity index is 176. The van der Waals surface area contributed by atoms with Gasteiger partial charge in [0, 0.05) is 18.3 Å². The van der Waals surface area contributed by atoms with Crippen LogP contribution in [0, 0.1) is 11.8 Å². The summed E-state index contributed by atoms with van der Waals surface area (Å²) in [7, 11) is 0. The van der Waals surface area contributed by atoms with Gasteiger partial charge >= 0.3 is 0 Å². The molecule has 3 heteroatoms. The summed E-state index contributed by atoms with van der Waals surface area (Å²) in [6.07, 6.45) is 1.16. The molecule has 0 aliphatic heterocycles. The van der Waals surface area contributed by atoms with Crippen molar-refractivity contribution in [3.63, 3.8) is 0 Å². The van der Waals surface area contributed by atoms with Crippen molar-refractivity contribution >= 4 is 22.6 Å². The second kappa shape index (κ2) is 2.70. The number of Topliss-reactive ketones (excluding diaryl/α,β-unsaturated/α-hetero) is 1. The molecule has 0 saturated heterocycles. The van der Waals surface area contributed by atoms with Gasteiger partial charge in [-0.15, -0.1) is 0 Å². The molecule has 0 aromatic carbocycles. The summed E-state index contributed by atoms with van der Waals surface area (Å²) in [5.74, 6) is -0.196. The van der Waals surface area contributed by atoms with Gasteiger partial charge in [0.15, 0.2) is 0 Å². The van der Waals surface area contributed by atoms with Crippen LogP contribution in [0.4, 0.5) is 0 Å². The first kappa shape index (κ1) is 7.73. The quantitative estimate of drug-likeness (QED) is 0.543. The van der Waals surface area contributed by atoms with Crippen LogP contribution >= 0.6 is 11.6 Å². The van der Waals surface area contributed by atoms with Crippen LogP contribution in [-0.4, -0.2) is 11.0 Å². The molecule has 0 N–H and O–H groups in total. The Morgan fingerprint density at radius 1 is 1.70 bits per heavy atom. The Morgan fingerprint density at radius 3 is 2.50 bits per heavy atom. The monoisotopic (exact) mass is 160 g/mol. The van der Waals surface area contributed by atoms with E-state index in [-0.39, 0.29) is 22.9 Å². The fourth-order valence-electron chi connectivity index (χ4n) is 1.31. The Balaban J connectivity index is 2.66. The van der Waals surface area contributed by atoms with Crippen LogP contribution in [0.25, 0.3) is 0 Å². The molecule has 1 aliphatic rings. The van der Waals surface area contributed by atoms with E-state index in [0.717, 1.165) is 0 Å². The van der Waals surface area contributed by atoms with E-state index < -0.39 is 0 Å². The molecule has 0 amide bonds. The maximum absolute atomic E-state index is 10.9. The average Bonchev–Trinajstić information content (AvgIpc) is 2.14. The second-order valence-electron chi connectivity index (χ2n) is 2.70. The van der Waals surface area contributed by atoms with Crippen molar-refractivity contribution in [3.8, 4) is 0 Å². The molecule has 1 saturated carbocycles. The first-order valence-electron chi connectivity index (χ1n) is 3.35. The van der Waals surface area contributed by atoms with Gasteiger partial charge in [0.1, 0.15) is 5.78 Å². The second-order valence-corrected chi connectivity index (χ2v) is 3.08. The number of ketones is 1. The van der Waals surface area contributed by atoms with Gasteiger partial charge in [0.25, 0.3) is 0 Å². The Morgan fingerprint density at radius 2 is 2.30 bits per heavy atom. The van der Waals surface area contributed by atoms with Gasteiger partial charge in [-0.05, 0) is 18.0 Å². The minimum Gasteiger partial charge on any atom is -0.299 e. The number of carbonyl (C=O) groups is 2. The molecule has 0 aromatic rings. The minimum absolute atomic E-state index is 0.148. The van der Waals surface area contributed by atoms with Crippen LogP contribution in [0.3, 0.4) is 0 Å². The number of hydrogen-bond donors (Lipinski definition) is 0. The molecule has 10 heavy (non-hydrogen) atoms. The predicted octanol–water partition coefficient (Wildman–Crippen LogP) is 1.37. The van der Waals surface area contributed by atoms with Crippen molar-refractivity contribution in [2.75, 3.05) is 0 Å². The van der Waals surface area contributed by atoms with Crippen LogP contribution in [0.15, 0.2) is 0 Å². The van der Waals surface area contributed by atoms with Gasteiger partial charge in [-0.25, -0.2) is 0 Å². The Labute approximate surface area is 64.5 Å². The first-order valence-corrected chi connectivity index (χ1v) is 3.73. The van der Waals surface area contributed by atoms with E-state index in [0.29, 0.717) is 12.8 Å². The third-order valence-electron chi connectivity index (χ3n) is 2.10. The van der Waals surface area contributed by atoms with Gasteiger partial charge < -0.3 is 0 Å².